The first-order valence-corrected chi connectivity index (χ1v) is 4.45. The molecule has 14 heavy (non-hydrogen) atoms. The van der Waals surface area contributed by atoms with Gasteiger partial charge in [-0.2, -0.15) is 0 Å². The summed E-state index contributed by atoms with van der Waals surface area (Å²) < 4.78 is 5.28. The molecule has 2 rings (SSSR count). The molecular formula is C9H8ClN3O. The van der Waals surface area contributed by atoms with Crippen LogP contribution in [0.2, 0.25) is 5.02 Å². The maximum absolute atomic E-state index is 5.96. The van der Waals surface area contributed by atoms with Crippen molar-refractivity contribution in [1.82, 2.24) is 10.2 Å². The molecule has 5 heteroatoms. The average molecular weight is 210 g/mol. The molecule has 0 bridgehead atoms. The predicted molar refractivity (Wildman–Crippen MR) is 54.3 cm³/mol. The van der Waals surface area contributed by atoms with Gasteiger partial charge in [0.2, 0.25) is 0 Å². The third-order valence-corrected chi connectivity index (χ3v) is 2.07. The molecule has 0 aliphatic heterocycles. The Bertz CT molecular complexity index is 441. The Balaban J connectivity index is 2.44. The molecule has 1 aromatic carbocycles. The molecule has 4 nitrogen and oxygen atoms in total. The fraction of sp³-hybridized carbons (Fsp3) is 0.111. The Morgan fingerprint density at radius 2 is 2.07 bits per heavy atom. The first-order valence-electron chi connectivity index (χ1n) is 4.07. The van der Waals surface area contributed by atoms with Gasteiger partial charge in [0.05, 0.1) is 10.6 Å². The van der Waals surface area contributed by atoms with E-state index in [0.29, 0.717) is 16.9 Å². The van der Waals surface area contributed by atoms with Crippen LogP contribution in [0.1, 0.15) is 0 Å². The van der Waals surface area contributed by atoms with Crippen molar-refractivity contribution >= 4 is 17.6 Å². The highest BCUT2D eigenvalue weighted by molar-refractivity contribution is 6.33. The molecular weight excluding hydrogens is 202 g/mol. The number of hydrogen-bond acceptors (Lipinski definition) is 4. The lowest BCUT2D eigenvalue weighted by molar-refractivity contribution is 0.585. The Kier molecular flexibility index (Phi) is 2.37. The number of benzene rings is 1. The van der Waals surface area contributed by atoms with Crippen molar-refractivity contribution in [2.75, 3.05) is 12.4 Å². The maximum Gasteiger partial charge on any atom is 0.315 e. The zero-order valence-electron chi connectivity index (χ0n) is 7.49. The van der Waals surface area contributed by atoms with Gasteiger partial charge in [0.25, 0.3) is 5.89 Å². The van der Waals surface area contributed by atoms with Crippen LogP contribution in [0.15, 0.2) is 28.7 Å². The van der Waals surface area contributed by atoms with Crippen LogP contribution in [0.25, 0.3) is 11.5 Å². The van der Waals surface area contributed by atoms with E-state index in [9.17, 15) is 0 Å². The van der Waals surface area contributed by atoms with Crippen LogP contribution in [-0.2, 0) is 0 Å². The standard InChI is InChI=1S/C9H8ClN3O/c1-11-9-13-12-8(14-9)6-4-2-3-5-7(6)10/h2-5H,1H3,(H,11,13). The van der Waals surface area contributed by atoms with Crippen LogP contribution in [-0.4, -0.2) is 17.2 Å². The Labute approximate surface area is 85.9 Å². The van der Waals surface area contributed by atoms with Crippen molar-refractivity contribution in [3.05, 3.63) is 29.3 Å². The molecule has 0 aliphatic rings. The number of halogens is 1. The number of rotatable bonds is 2. The molecule has 0 unspecified atom stereocenters. The second-order valence-electron chi connectivity index (χ2n) is 2.64. The van der Waals surface area contributed by atoms with E-state index < -0.39 is 0 Å². The largest absolute Gasteiger partial charge is 0.403 e. The molecule has 0 radical (unpaired) electrons. The van der Waals surface area contributed by atoms with Crippen LogP contribution < -0.4 is 5.32 Å². The average Bonchev–Trinajstić information content (AvgIpc) is 2.67. The van der Waals surface area contributed by atoms with Crippen LogP contribution in [0.5, 0.6) is 0 Å². The van der Waals surface area contributed by atoms with E-state index in [1.165, 1.54) is 0 Å². The van der Waals surface area contributed by atoms with Crippen molar-refractivity contribution in [3.8, 4) is 11.5 Å². The van der Waals surface area contributed by atoms with Gasteiger partial charge in [-0.25, -0.2) is 0 Å². The molecule has 0 atom stereocenters. The molecule has 0 saturated carbocycles. The number of hydrogen-bond donors (Lipinski definition) is 1. The van der Waals surface area contributed by atoms with Crippen LogP contribution in [0.3, 0.4) is 0 Å². The highest BCUT2D eigenvalue weighted by Crippen LogP contribution is 2.26. The third kappa shape index (κ3) is 1.56. The summed E-state index contributed by atoms with van der Waals surface area (Å²) in [6.45, 7) is 0. The number of nitrogens with zero attached hydrogens (tertiary/aromatic N) is 2. The van der Waals surface area contributed by atoms with Gasteiger partial charge in [0.15, 0.2) is 0 Å². The zero-order valence-corrected chi connectivity index (χ0v) is 8.25. The normalized spacial score (nSPS) is 10.1. The molecule has 0 spiro atoms. The summed E-state index contributed by atoms with van der Waals surface area (Å²) in [7, 11) is 1.71. The van der Waals surface area contributed by atoms with Crippen LogP contribution in [0.4, 0.5) is 6.01 Å². The van der Waals surface area contributed by atoms with Gasteiger partial charge >= 0.3 is 6.01 Å². The fourth-order valence-electron chi connectivity index (χ4n) is 1.07. The molecule has 0 aliphatic carbocycles. The predicted octanol–water partition coefficient (Wildman–Crippen LogP) is 2.43. The lowest BCUT2D eigenvalue weighted by Crippen LogP contribution is -1.85. The van der Waals surface area contributed by atoms with Gasteiger partial charge in [-0.05, 0) is 12.1 Å². The molecule has 1 heterocycles. The zero-order chi connectivity index (χ0) is 9.97. The van der Waals surface area contributed by atoms with Gasteiger partial charge in [-0.3, -0.25) is 0 Å². The fourth-order valence-corrected chi connectivity index (χ4v) is 1.28. The van der Waals surface area contributed by atoms with E-state index in [4.69, 9.17) is 16.0 Å². The van der Waals surface area contributed by atoms with Crippen molar-refractivity contribution < 1.29 is 4.42 Å². The summed E-state index contributed by atoms with van der Waals surface area (Å²) in [6.07, 6.45) is 0. The summed E-state index contributed by atoms with van der Waals surface area (Å²) in [5.74, 6) is 0.417. The summed E-state index contributed by atoms with van der Waals surface area (Å²) in [4.78, 5) is 0. The minimum Gasteiger partial charge on any atom is -0.403 e. The third-order valence-electron chi connectivity index (χ3n) is 1.74. The summed E-state index contributed by atoms with van der Waals surface area (Å²) in [6, 6.07) is 7.70. The lowest BCUT2D eigenvalue weighted by atomic mass is 10.2. The summed E-state index contributed by atoms with van der Waals surface area (Å²) in [5.41, 5.74) is 0.739. The van der Waals surface area contributed by atoms with Crippen molar-refractivity contribution in [2.45, 2.75) is 0 Å². The van der Waals surface area contributed by atoms with Crippen LogP contribution in [0, 0.1) is 0 Å². The first-order chi connectivity index (χ1) is 6.81. The van der Waals surface area contributed by atoms with Gasteiger partial charge < -0.3 is 9.73 Å². The SMILES string of the molecule is CNc1nnc(-c2ccccc2Cl)o1. The molecule has 0 amide bonds. The topological polar surface area (TPSA) is 51.0 Å². The smallest absolute Gasteiger partial charge is 0.315 e. The molecule has 1 aromatic heterocycles. The highest BCUT2D eigenvalue weighted by Gasteiger charge is 2.09. The van der Waals surface area contributed by atoms with Crippen molar-refractivity contribution in [3.63, 3.8) is 0 Å². The maximum atomic E-state index is 5.96. The van der Waals surface area contributed by atoms with E-state index in [-0.39, 0.29) is 0 Å². The Morgan fingerprint density at radius 1 is 1.29 bits per heavy atom. The second kappa shape index (κ2) is 3.67. The molecule has 1 N–H and O–H groups in total. The van der Waals surface area contributed by atoms with E-state index in [0.717, 1.165) is 5.56 Å². The van der Waals surface area contributed by atoms with Crippen LogP contribution >= 0.6 is 11.6 Å². The summed E-state index contributed by atoms with van der Waals surface area (Å²) >= 11 is 5.96. The Morgan fingerprint density at radius 3 is 2.71 bits per heavy atom. The quantitative estimate of drug-likeness (QED) is 0.826. The van der Waals surface area contributed by atoms with Gasteiger partial charge in [0.1, 0.15) is 0 Å². The van der Waals surface area contributed by atoms with Gasteiger partial charge in [-0.1, -0.05) is 28.8 Å². The minimum atomic E-state index is 0.375. The van der Waals surface area contributed by atoms with E-state index >= 15 is 0 Å². The first kappa shape index (κ1) is 9.02. The molecule has 0 saturated heterocycles. The minimum absolute atomic E-state index is 0.375. The molecule has 2 aromatic rings. The monoisotopic (exact) mass is 209 g/mol. The molecule has 72 valence electrons. The summed E-state index contributed by atoms with van der Waals surface area (Å²) in [5, 5.41) is 11.0. The van der Waals surface area contributed by atoms with E-state index in [1.807, 2.05) is 18.2 Å². The highest BCUT2D eigenvalue weighted by atomic mass is 35.5. The molecule has 0 fully saturated rings. The van der Waals surface area contributed by atoms with Crippen molar-refractivity contribution in [1.29, 1.82) is 0 Å². The second-order valence-corrected chi connectivity index (χ2v) is 3.05. The number of anilines is 1. The lowest BCUT2D eigenvalue weighted by Gasteiger charge is -1.96. The van der Waals surface area contributed by atoms with Crippen molar-refractivity contribution in [2.24, 2.45) is 0 Å². The van der Waals surface area contributed by atoms with Gasteiger partial charge in [0, 0.05) is 7.05 Å². The van der Waals surface area contributed by atoms with E-state index in [2.05, 4.69) is 15.5 Å². The number of nitrogens with one attached hydrogen (secondary N) is 1. The van der Waals surface area contributed by atoms with Gasteiger partial charge in [-0.15, -0.1) is 5.10 Å². The number of aromatic nitrogens is 2. The Hall–Kier alpha value is -1.55. The van der Waals surface area contributed by atoms with E-state index in [1.54, 1.807) is 13.1 Å².